The summed E-state index contributed by atoms with van der Waals surface area (Å²) >= 11 is 0. The number of nitrogens with two attached hydrogens (primary N) is 1. The van der Waals surface area contributed by atoms with Gasteiger partial charge in [0.25, 0.3) is 0 Å². The van der Waals surface area contributed by atoms with E-state index in [2.05, 4.69) is 61.2 Å². The minimum Gasteiger partial charge on any atom is -0.399 e. The van der Waals surface area contributed by atoms with Crippen molar-refractivity contribution in [3.63, 3.8) is 0 Å². The van der Waals surface area contributed by atoms with Crippen LogP contribution in [0.5, 0.6) is 0 Å². The monoisotopic (exact) mass is 254 g/mol. The number of rotatable bonds is 5. The molecule has 1 atom stereocenters. The van der Waals surface area contributed by atoms with Gasteiger partial charge in [0.1, 0.15) is 0 Å². The number of benzene rings is 2. The largest absolute Gasteiger partial charge is 0.399 e. The molecule has 2 N–H and O–H groups in total. The van der Waals surface area contributed by atoms with Crippen LogP contribution in [0.15, 0.2) is 54.6 Å². The third kappa shape index (κ3) is 3.58. The highest BCUT2D eigenvalue weighted by Crippen LogP contribution is 2.22. The first kappa shape index (κ1) is 13.6. The maximum atomic E-state index is 5.75. The smallest absolute Gasteiger partial charge is 0.0323 e. The molecule has 2 nitrogen and oxygen atoms in total. The third-order valence-electron chi connectivity index (χ3n) is 3.60. The summed E-state index contributed by atoms with van der Waals surface area (Å²) in [4.78, 5) is 2.46. The SMILES string of the molecule is CCN(Cc1ccccc1)C(C)c1ccc(N)cc1. The average Bonchev–Trinajstić information content (AvgIpc) is 2.46. The van der Waals surface area contributed by atoms with Crippen LogP contribution in [0.25, 0.3) is 0 Å². The van der Waals surface area contributed by atoms with Crippen LogP contribution in [0, 0.1) is 0 Å². The lowest BCUT2D eigenvalue weighted by Gasteiger charge is -2.28. The summed E-state index contributed by atoms with van der Waals surface area (Å²) < 4.78 is 0. The molecule has 19 heavy (non-hydrogen) atoms. The number of hydrogen-bond donors (Lipinski definition) is 1. The predicted molar refractivity (Wildman–Crippen MR) is 81.8 cm³/mol. The Morgan fingerprint density at radius 2 is 1.63 bits per heavy atom. The van der Waals surface area contributed by atoms with E-state index in [9.17, 15) is 0 Å². The lowest BCUT2D eigenvalue weighted by Crippen LogP contribution is -2.26. The molecule has 0 aliphatic carbocycles. The van der Waals surface area contributed by atoms with Gasteiger partial charge in [-0.25, -0.2) is 0 Å². The average molecular weight is 254 g/mol. The van der Waals surface area contributed by atoms with Crippen molar-refractivity contribution >= 4 is 5.69 Å². The van der Waals surface area contributed by atoms with Gasteiger partial charge >= 0.3 is 0 Å². The maximum absolute atomic E-state index is 5.75. The zero-order valence-electron chi connectivity index (χ0n) is 11.7. The molecule has 0 heterocycles. The summed E-state index contributed by atoms with van der Waals surface area (Å²) in [5.41, 5.74) is 9.23. The van der Waals surface area contributed by atoms with Gasteiger partial charge < -0.3 is 5.73 Å². The Hall–Kier alpha value is -1.80. The van der Waals surface area contributed by atoms with Crippen LogP contribution in [-0.4, -0.2) is 11.4 Å². The highest BCUT2D eigenvalue weighted by molar-refractivity contribution is 5.40. The number of anilines is 1. The Labute approximate surface area is 115 Å². The van der Waals surface area contributed by atoms with E-state index in [-0.39, 0.29) is 0 Å². The standard InChI is InChI=1S/C17H22N2/c1-3-19(13-15-7-5-4-6-8-15)14(2)16-9-11-17(18)12-10-16/h4-12,14H,3,13,18H2,1-2H3. The first-order valence-corrected chi connectivity index (χ1v) is 6.84. The Bertz CT molecular complexity index is 490. The molecule has 0 saturated carbocycles. The van der Waals surface area contributed by atoms with Gasteiger partial charge in [0.15, 0.2) is 0 Å². The van der Waals surface area contributed by atoms with E-state index in [4.69, 9.17) is 5.73 Å². The van der Waals surface area contributed by atoms with Crippen molar-refractivity contribution in [3.8, 4) is 0 Å². The molecule has 1 unspecified atom stereocenters. The summed E-state index contributed by atoms with van der Waals surface area (Å²) in [6.45, 7) is 6.46. The van der Waals surface area contributed by atoms with E-state index < -0.39 is 0 Å². The van der Waals surface area contributed by atoms with Gasteiger partial charge in [0, 0.05) is 18.3 Å². The lowest BCUT2D eigenvalue weighted by atomic mass is 10.1. The molecule has 100 valence electrons. The first-order chi connectivity index (χ1) is 9.20. The molecule has 0 saturated heterocycles. The van der Waals surface area contributed by atoms with E-state index >= 15 is 0 Å². The lowest BCUT2D eigenvalue weighted by molar-refractivity contribution is 0.213. The fourth-order valence-electron chi connectivity index (χ4n) is 2.33. The van der Waals surface area contributed by atoms with Crippen molar-refractivity contribution in [2.24, 2.45) is 0 Å². The van der Waals surface area contributed by atoms with Gasteiger partial charge in [-0.2, -0.15) is 0 Å². The summed E-state index contributed by atoms with van der Waals surface area (Å²) in [7, 11) is 0. The van der Waals surface area contributed by atoms with Gasteiger partial charge in [-0.1, -0.05) is 49.4 Å². The van der Waals surface area contributed by atoms with Gasteiger partial charge in [0.2, 0.25) is 0 Å². The van der Waals surface area contributed by atoms with E-state index in [0.717, 1.165) is 18.8 Å². The number of hydrogen-bond acceptors (Lipinski definition) is 2. The fourth-order valence-corrected chi connectivity index (χ4v) is 2.33. The zero-order valence-corrected chi connectivity index (χ0v) is 11.7. The van der Waals surface area contributed by atoms with Crippen molar-refractivity contribution in [3.05, 3.63) is 65.7 Å². The van der Waals surface area contributed by atoms with Crippen molar-refractivity contribution in [1.82, 2.24) is 4.90 Å². The van der Waals surface area contributed by atoms with Gasteiger partial charge in [0.05, 0.1) is 0 Å². The van der Waals surface area contributed by atoms with Gasteiger partial charge in [-0.3, -0.25) is 4.90 Å². The second-order valence-electron chi connectivity index (χ2n) is 4.89. The van der Waals surface area contributed by atoms with Crippen molar-refractivity contribution in [2.45, 2.75) is 26.4 Å². The molecule has 2 heteroatoms. The van der Waals surface area contributed by atoms with Crippen LogP contribution >= 0.6 is 0 Å². The van der Waals surface area contributed by atoms with Crippen LogP contribution < -0.4 is 5.73 Å². The Morgan fingerprint density at radius 1 is 1.00 bits per heavy atom. The second kappa shape index (κ2) is 6.39. The van der Waals surface area contributed by atoms with Crippen molar-refractivity contribution < 1.29 is 0 Å². The maximum Gasteiger partial charge on any atom is 0.0323 e. The predicted octanol–water partition coefficient (Wildman–Crippen LogP) is 3.85. The molecule has 0 radical (unpaired) electrons. The van der Waals surface area contributed by atoms with Crippen molar-refractivity contribution in [1.29, 1.82) is 0 Å². The Kier molecular flexibility index (Phi) is 4.58. The molecule has 2 rings (SSSR count). The van der Waals surface area contributed by atoms with E-state index in [1.807, 2.05) is 12.1 Å². The van der Waals surface area contributed by atoms with Gasteiger partial charge in [-0.15, -0.1) is 0 Å². The number of nitrogens with zero attached hydrogens (tertiary/aromatic N) is 1. The van der Waals surface area contributed by atoms with Crippen LogP contribution in [-0.2, 0) is 6.54 Å². The molecule has 0 aliphatic rings. The second-order valence-corrected chi connectivity index (χ2v) is 4.89. The molecular weight excluding hydrogens is 232 g/mol. The van der Waals surface area contributed by atoms with Crippen LogP contribution in [0.3, 0.4) is 0 Å². The molecular formula is C17H22N2. The van der Waals surface area contributed by atoms with Crippen molar-refractivity contribution in [2.75, 3.05) is 12.3 Å². The van der Waals surface area contributed by atoms with Gasteiger partial charge in [-0.05, 0) is 36.7 Å². The molecule has 0 aliphatic heterocycles. The highest BCUT2D eigenvalue weighted by Gasteiger charge is 2.14. The minimum absolute atomic E-state index is 0.394. The Balaban J connectivity index is 2.11. The topological polar surface area (TPSA) is 29.3 Å². The molecule has 0 aromatic heterocycles. The van der Waals surface area contributed by atoms with E-state index in [0.29, 0.717) is 6.04 Å². The quantitative estimate of drug-likeness (QED) is 0.821. The molecule has 0 amide bonds. The molecule has 2 aromatic rings. The fraction of sp³-hybridized carbons (Fsp3) is 0.294. The number of nitrogen functional groups attached to an aromatic ring is 1. The summed E-state index contributed by atoms with van der Waals surface area (Å²) in [6.07, 6.45) is 0. The molecule has 0 fully saturated rings. The summed E-state index contributed by atoms with van der Waals surface area (Å²) in [5.74, 6) is 0. The summed E-state index contributed by atoms with van der Waals surface area (Å²) in [5, 5.41) is 0. The third-order valence-corrected chi connectivity index (χ3v) is 3.60. The van der Waals surface area contributed by atoms with Crippen LogP contribution in [0.4, 0.5) is 5.69 Å². The molecule has 0 spiro atoms. The zero-order chi connectivity index (χ0) is 13.7. The molecule has 0 bridgehead atoms. The van der Waals surface area contributed by atoms with E-state index in [1.165, 1.54) is 11.1 Å². The minimum atomic E-state index is 0.394. The van der Waals surface area contributed by atoms with Crippen LogP contribution in [0.1, 0.15) is 31.0 Å². The highest BCUT2D eigenvalue weighted by atomic mass is 15.1. The normalized spacial score (nSPS) is 12.6. The van der Waals surface area contributed by atoms with E-state index in [1.54, 1.807) is 0 Å². The molecule has 2 aromatic carbocycles. The summed E-state index contributed by atoms with van der Waals surface area (Å²) in [6, 6.07) is 19.2. The Morgan fingerprint density at radius 3 is 2.21 bits per heavy atom. The van der Waals surface area contributed by atoms with Crippen LogP contribution in [0.2, 0.25) is 0 Å². The first-order valence-electron chi connectivity index (χ1n) is 6.84.